The summed E-state index contributed by atoms with van der Waals surface area (Å²) >= 11 is 1.61. The zero-order valence-electron chi connectivity index (χ0n) is 16.2. The molecule has 2 saturated heterocycles. The number of thioether (sulfide) groups is 1. The number of hydrogen-bond acceptors (Lipinski definition) is 5. The first kappa shape index (κ1) is 18.8. The Morgan fingerprint density at radius 1 is 1.07 bits per heavy atom. The van der Waals surface area contributed by atoms with Crippen molar-refractivity contribution < 1.29 is 9.59 Å². The first-order chi connectivity index (χ1) is 13.5. The van der Waals surface area contributed by atoms with E-state index in [4.69, 9.17) is 0 Å². The minimum Gasteiger partial charge on any atom is -0.353 e. The van der Waals surface area contributed by atoms with Gasteiger partial charge in [0.15, 0.2) is 0 Å². The molecule has 2 aromatic rings. The molecule has 0 spiro atoms. The minimum atomic E-state index is 0.0434. The molecule has 2 amide bonds. The van der Waals surface area contributed by atoms with Crippen molar-refractivity contribution in [1.82, 2.24) is 9.88 Å². The van der Waals surface area contributed by atoms with E-state index in [2.05, 4.69) is 22.9 Å². The van der Waals surface area contributed by atoms with E-state index in [1.807, 2.05) is 42.3 Å². The van der Waals surface area contributed by atoms with Gasteiger partial charge in [0, 0.05) is 43.6 Å². The fourth-order valence-electron chi connectivity index (χ4n) is 3.72. The number of pyridine rings is 1. The molecule has 6 nitrogen and oxygen atoms in total. The van der Waals surface area contributed by atoms with Crippen molar-refractivity contribution in [1.29, 1.82) is 0 Å². The second-order valence-corrected chi connectivity index (χ2v) is 8.23. The quantitative estimate of drug-likeness (QED) is 0.798. The molecule has 2 aliphatic heterocycles. The first-order valence-corrected chi connectivity index (χ1v) is 10.6. The largest absolute Gasteiger partial charge is 0.353 e. The van der Waals surface area contributed by atoms with E-state index >= 15 is 0 Å². The molecule has 0 atom stereocenters. The van der Waals surface area contributed by atoms with E-state index in [0.29, 0.717) is 30.3 Å². The summed E-state index contributed by atoms with van der Waals surface area (Å²) in [4.78, 5) is 35.2. The highest BCUT2D eigenvalue weighted by Gasteiger charge is 2.25. The van der Waals surface area contributed by atoms with Crippen LogP contribution >= 0.6 is 11.8 Å². The first-order valence-electron chi connectivity index (χ1n) is 9.48. The van der Waals surface area contributed by atoms with Crippen molar-refractivity contribution in [2.75, 3.05) is 47.6 Å². The van der Waals surface area contributed by atoms with E-state index < -0.39 is 0 Å². The lowest BCUT2D eigenvalue weighted by Gasteiger charge is -2.36. The third-order valence-corrected chi connectivity index (χ3v) is 6.12. The zero-order valence-corrected chi connectivity index (χ0v) is 17.0. The summed E-state index contributed by atoms with van der Waals surface area (Å²) < 4.78 is 0. The van der Waals surface area contributed by atoms with Crippen molar-refractivity contribution in [3.05, 3.63) is 53.2 Å². The maximum Gasteiger partial charge on any atom is 0.253 e. The number of rotatable bonds is 3. The van der Waals surface area contributed by atoms with Crippen LogP contribution in [0, 0.1) is 13.8 Å². The van der Waals surface area contributed by atoms with Crippen molar-refractivity contribution in [3.63, 3.8) is 0 Å². The van der Waals surface area contributed by atoms with Crippen LogP contribution < -0.4 is 9.80 Å². The van der Waals surface area contributed by atoms with E-state index in [1.165, 1.54) is 5.56 Å². The zero-order chi connectivity index (χ0) is 19.7. The lowest BCUT2D eigenvalue weighted by molar-refractivity contribution is -0.115. The third kappa shape index (κ3) is 3.71. The average Bonchev–Trinajstić information content (AvgIpc) is 3.14. The smallest absolute Gasteiger partial charge is 0.253 e. The number of benzene rings is 1. The highest BCUT2D eigenvalue weighted by molar-refractivity contribution is 8.00. The Balaban J connectivity index is 1.39. The molecule has 28 heavy (non-hydrogen) atoms. The van der Waals surface area contributed by atoms with Crippen LogP contribution in [0.2, 0.25) is 0 Å². The summed E-state index contributed by atoms with van der Waals surface area (Å²) in [7, 11) is 0. The van der Waals surface area contributed by atoms with Crippen molar-refractivity contribution in [3.8, 4) is 0 Å². The van der Waals surface area contributed by atoms with Crippen LogP contribution in [0.3, 0.4) is 0 Å². The molecule has 7 heteroatoms. The van der Waals surface area contributed by atoms with Crippen molar-refractivity contribution in [2.24, 2.45) is 0 Å². The van der Waals surface area contributed by atoms with E-state index in [9.17, 15) is 9.59 Å². The van der Waals surface area contributed by atoms with E-state index in [-0.39, 0.29) is 11.8 Å². The number of carbonyl (C=O) groups is 2. The summed E-state index contributed by atoms with van der Waals surface area (Å²) in [6.45, 7) is 7.04. The van der Waals surface area contributed by atoms with E-state index in [0.717, 1.165) is 30.2 Å². The molecule has 4 rings (SSSR count). The van der Waals surface area contributed by atoms with Crippen LogP contribution in [0.5, 0.6) is 0 Å². The molecule has 0 unspecified atom stereocenters. The lowest BCUT2D eigenvalue weighted by atomic mass is 10.1. The lowest BCUT2D eigenvalue weighted by Crippen LogP contribution is -2.49. The molecule has 2 fully saturated rings. The number of aromatic nitrogens is 1. The number of aryl methyl sites for hydroxylation is 2. The molecule has 2 aliphatic rings. The Morgan fingerprint density at radius 3 is 2.39 bits per heavy atom. The molecule has 0 saturated carbocycles. The fourth-order valence-corrected chi connectivity index (χ4v) is 4.62. The highest BCUT2D eigenvalue weighted by atomic mass is 32.2. The van der Waals surface area contributed by atoms with Crippen LogP contribution in [0.25, 0.3) is 0 Å². The van der Waals surface area contributed by atoms with Crippen LogP contribution in [0.4, 0.5) is 11.5 Å². The summed E-state index contributed by atoms with van der Waals surface area (Å²) in [5, 5.41) is 0. The Hall–Kier alpha value is -2.54. The molecular formula is C21H24N4O2S. The number of amides is 2. The van der Waals surface area contributed by atoms with Gasteiger partial charge in [-0.3, -0.25) is 9.59 Å². The molecule has 0 bridgehead atoms. The fraction of sp³-hybridized carbons (Fsp3) is 0.381. The Bertz CT molecular complexity index is 892. The van der Waals surface area contributed by atoms with Gasteiger partial charge in [0.05, 0.1) is 11.6 Å². The van der Waals surface area contributed by atoms with Crippen molar-refractivity contribution >= 4 is 35.1 Å². The predicted octanol–water partition coefficient (Wildman–Crippen LogP) is 2.70. The van der Waals surface area contributed by atoms with Gasteiger partial charge in [0.2, 0.25) is 5.91 Å². The van der Waals surface area contributed by atoms with Gasteiger partial charge < -0.3 is 14.7 Å². The van der Waals surface area contributed by atoms with Crippen LogP contribution in [0.15, 0.2) is 36.5 Å². The molecule has 0 radical (unpaired) electrons. The number of hydrogen-bond donors (Lipinski definition) is 0. The van der Waals surface area contributed by atoms with Gasteiger partial charge in [-0.05, 0) is 49.2 Å². The van der Waals surface area contributed by atoms with Crippen LogP contribution in [-0.4, -0.2) is 59.5 Å². The van der Waals surface area contributed by atoms with E-state index in [1.54, 1.807) is 16.7 Å². The molecule has 146 valence electrons. The van der Waals surface area contributed by atoms with Crippen LogP contribution in [-0.2, 0) is 4.79 Å². The van der Waals surface area contributed by atoms with Gasteiger partial charge in [0.25, 0.3) is 5.91 Å². The maximum atomic E-state index is 12.9. The number of anilines is 2. The predicted molar refractivity (Wildman–Crippen MR) is 113 cm³/mol. The summed E-state index contributed by atoms with van der Waals surface area (Å²) in [6.07, 6.45) is 1.89. The van der Waals surface area contributed by atoms with Gasteiger partial charge in [-0.25, -0.2) is 4.98 Å². The maximum absolute atomic E-state index is 12.9. The SMILES string of the molecule is Cc1cnc(N2CCN(C(=O)c3ccc(N4CSCC4=O)cc3)CC2)c(C)c1. The van der Waals surface area contributed by atoms with Gasteiger partial charge >= 0.3 is 0 Å². The Kier molecular flexibility index (Phi) is 5.26. The summed E-state index contributed by atoms with van der Waals surface area (Å²) in [6, 6.07) is 9.53. The molecule has 0 N–H and O–H groups in total. The highest BCUT2D eigenvalue weighted by Crippen LogP contribution is 2.25. The second kappa shape index (κ2) is 7.83. The van der Waals surface area contributed by atoms with Crippen molar-refractivity contribution in [2.45, 2.75) is 13.8 Å². The minimum absolute atomic E-state index is 0.0434. The van der Waals surface area contributed by atoms with Gasteiger partial charge in [-0.2, -0.15) is 0 Å². The molecule has 3 heterocycles. The topological polar surface area (TPSA) is 56.8 Å². The summed E-state index contributed by atoms with van der Waals surface area (Å²) in [5.41, 5.74) is 3.86. The van der Waals surface area contributed by atoms with Gasteiger partial charge in [0.1, 0.15) is 5.82 Å². The standard InChI is InChI=1S/C21H24N4O2S/c1-15-11-16(2)20(22-12-15)23-7-9-24(10-8-23)21(27)17-3-5-18(6-4-17)25-14-28-13-19(25)26/h3-6,11-12H,7-10,13-14H2,1-2H3. The molecule has 1 aromatic heterocycles. The molecular weight excluding hydrogens is 372 g/mol. The van der Waals surface area contributed by atoms with Gasteiger partial charge in [-0.1, -0.05) is 6.07 Å². The van der Waals surface area contributed by atoms with Gasteiger partial charge in [-0.15, -0.1) is 11.8 Å². The average molecular weight is 397 g/mol. The normalized spacial score (nSPS) is 17.4. The third-order valence-electron chi connectivity index (χ3n) is 5.23. The number of carbonyl (C=O) groups excluding carboxylic acids is 2. The summed E-state index contributed by atoms with van der Waals surface area (Å²) in [5.74, 6) is 2.39. The Morgan fingerprint density at radius 2 is 1.79 bits per heavy atom. The second-order valence-electron chi connectivity index (χ2n) is 7.28. The number of nitrogens with zero attached hydrogens (tertiary/aromatic N) is 4. The molecule has 0 aliphatic carbocycles. The monoisotopic (exact) mass is 396 g/mol. The Labute approximate surface area is 169 Å². The molecule has 1 aromatic carbocycles. The number of piperazine rings is 1. The van der Waals surface area contributed by atoms with Crippen LogP contribution in [0.1, 0.15) is 21.5 Å².